The molecule has 33 heavy (non-hydrogen) atoms. The van der Waals surface area contributed by atoms with E-state index in [1.807, 2.05) is 86.6 Å². The van der Waals surface area contributed by atoms with Gasteiger partial charge >= 0.3 is 0 Å². The number of nitrogens with zero attached hydrogens (tertiary/aromatic N) is 2. The van der Waals surface area contributed by atoms with Gasteiger partial charge in [0.15, 0.2) is 0 Å². The first-order valence-electron chi connectivity index (χ1n) is 10.7. The predicted molar refractivity (Wildman–Crippen MR) is 131 cm³/mol. The van der Waals surface area contributed by atoms with Crippen molar-refractivity contribution in [3.63, 3.8) is 0 Å². The molecule has 1 saturated heterocycles. The van der Waals surface area contributed by atoms with E-state index in [4.69, 9.17) is 0 Å². The Morgan fingerprint density at radius 2 is 1.76 bits per heavy atom. The fraction of sp³-hybridized carbons (Fsp3) is 0.192. The van der Waals surface area contributed by atoms with Gasteiger partial charge in [0.2, 0.25) is 16.7 Å². The van der Waals surface area contributed by atoms with Crippen LogP contribution in [-0.4, -0.2) is 30.0 Å². The molecule has 0 bridgehead atoms. The molecule has 3 aromatic carbocycles. The molecule has 1 fully saturated rings. The van der Waals surface area contributed by atoms with Crippen LogP contribution in [0, 0.1) is 13.8 Å². The summed E-state index contributed by atoms with van der Waals surface area (Å²) in [4.78, 5) is 41.9. The van der Waals surface area contributed by atoms with E-state index in [1.165, 1.54) is 16.7 Å². The fourth-order valence-electron chi connectivity index (χ4n) is 4.53. The Morgan fingerprint density at radius 3 is 2.55 bits per heavy atom. The van der Waals surface area contributed by atoms with Crippen LogP contribution in [0.2, 0.25) is 0 Å². The molecule has 0 unspecified atom stereocenters. The predicted octanol–water partition coefficient (Wildman–Crippen LogP) is 4.22. The highest BCUT2D eigenvalue weighted by atomic mass is 32.2. The van der Waals surface area contributed by atoms with Crippen LogP contribution in [0.3, 0.4) is 0 Å². The van der Waals surface area contributed by atoms with Crippen molar-refractivity contribution < 1.29 is 14.4 Å². The minimum absolute atomic E-state index is 0.125. The number of rotatable bonds is 4. The number of fused-ring (bicyclic) bond motifs is 2. The number of thioether (sulfide) groups is 1. The van der Waals surface area contributed by atoms with Gasteiger partial charge in [0.05, 0.1) is 11.4 Å². The molecule has 1 N–H and O–H groups in total. The number of hydrogen-bond donors (Lipinski definition) is 1. The van der Waals surface area contributed by atoms with Crippen LogP contribution in [-0.2, 0) is 19.3 Å². The Balaban J connectivity index is 1.53. The van der Waals surface area contributed by atoms with Gasteiger partial charge in [-0.2, -0.15) is 0 Å². The van der Waals surface area contributed by atoms with E-state index in [9.17, 15) is 14.4 Å². The van der Waals surface area contributed by atoms with E-state index >= 15 is 0 Å². The molecular weight excluding hydrogens is 434 g/mol. The molecule has 0 aromatic heterocycles. The number of benzene rings is 3. The molecule has 5 rings (SSSR count). The quantitative estimate of drug-likeness (QED) is 0.637. The Morgan fingerprint density at radius 1 is 1.00 bits per heavy atom. The van der Waals surface area contributed by atoms with Gasteiger partial charge in [0.25, 0.3) is 5.91 Å². The molecule has 166 valence electrons. The van der Waals surface area contributed by atoms with Crippen molar-refractivity contribution >= 4 is 46.5 Å². The first-order valence-corrected chi connectivity index (χ1v) is 11.7. The molecule has 2 heterocycles. The van der Waals surface area contributed by atoms with Crippen molar-refractivity contribution in [2.45, 2.75) is 18.7 Å². The SMILES string of the molecule is Cc1cccc(N2C(=O)CS[C@]23C(=O)N(CC(=O)Nc2ccccc2C)c2ccccc23)c1. The largest absolute Gasteiger partial charge is 0.324 e. The maximum atomic E-state index is 14.0. The second-order valence-corrected chi connectivity index (χ2v) is 9.44. The number of nitrogens with one attached hydrogen (secondary N) is 1. The Hall–Kier alpha value is -3.58. The minimum Gasteiger partial charge on any atom is -0.324 e. The molecule has 1 spiro atoms. The minimum atomic E-state index is -1.22. The van der Waals surface area contributed by atoms with Crippen molar-refractivity contribution in [1.29, 1.82) is 0 Å². The van der Waals surface area contributed by atoms with Gasteiger partial charge in [-0.3, -0.25) is 24.2 Å². The van der Waals surface area contributed by atoms with Gasteiger partial charge in [0, 0.05) is 16.9 Å². The van der Waals surface area contributed by atoms with Crippen LogP contribution in [0.5, 0.6) is 0 Å². The third kappa shape index (κ3) is 3.40. The number of aryl methyl sites for hydroxylation is 2. The Bertz CT molecular complexity index is 1290. The molecule has 6 nitrogen and oxygen atoms in total. The van der Waals surface area contributed by atoms with E-state index in [-0.39, 0.29) is 30.0 Å². The van der Waals surface area contributed by atoms with Gasteiger partial charge in [-0.1, -0.05) is 48.5 Å². The number of para-hydroxylation sites is 2. The Kier molecular flexibility index (Phi) is 5.21. The van der Waals surface area contributed by atoms with Crippen molar-refractivity contribution in [3.05, 3.63) is 89.5 Å². The number of amides is 3. The van der Waals surface area contributed by atoms with Crippen LogP contribution >= 0.6 is 11.8 Å². The van der Waals surface area contributed by atoms with Gasteiger partial charge in [0.1, 0.15) is 6.54 Å². The first kappa shape index (κ1) is 21.3. The third-order valence-corrected chi connectivity index (χ3v) is 7.43. The van der Waals surface area contributed by atoms with Gasteiger partial charge in [-0.15, -0.1) is 11.8 Å². The second-order valence-electron chi connectivity index (χ2n) is 8.27. The normalized spacial score (nSPS) is 19.3. The lowest BCUT2D eigenvalue weighted by molar-refractivity contribution is -0.124. The summed E-state index contributed by atoms with van der Waals surface area (Å²) in [5.74, 6) is -0.501. The molecule has 3 aromatic rings. The lowest BCUT2D eigenvalue weighted by Gasteiger charge is -2.33. The highest BCUT2D eigenvalue weighted by molar-refractivity contribution is 8.02. The monoisotopic (exact) mass is 457 g/mol. The molecule has 2 aliphatic rings. The van der Waals surface area contributed by atoms with Crippen molar-refractivity contribution in [2.24, 2.45) is 0 Å². The van der Waals surface area contributed by atoms with E-state index in [0.717, 1.165) is 16.7 Å². The Labute approximate surface area is 196 Å². The highest BCUT2D eigenvalue weighted by Crippen LogP contribution is 2.55. The zero-order valence-electron chi connectivity index (χ0n) is 18.4. The van der Waals surface area contributed by atoms with E-state index in [1.54, 1.807) is 4.90 Å². The summed E-state index contributed by atoms with van der Waals surface area (Å²) in [6.45, 7) is 3.74. The summed E-state index contributed by atoms with van der Waals surface area (Å²) in [5, 5.41) is 2.91. The van der Waals surface area contributed by atoms with Crippen LogP contribution in [0.25, 0.3) is 0 Å². The summed E-state index contributed by atoms with van der Waals surface area (Å²) in [6, 6.07) is 22.5. The van der Waals surface area contributed by atoms with Crippen molar-refractivity contribution in [3.8, 4) is 0 Å². The zero-order chi connectivity index (χ0) is 23.2. The molecule has 7 heteroatoms. The smallest absolute Gasteiger partial charge is 0.269 e. The van der Waals surface area contributed by atoms with Crippen molar-refractivity contribution in [1.82, 2.24) is 0 Å². The molecular formula is C26H23N3O3S. The van der Waals surface area contributed by atoms with E-state index in [0.29, 0.717) is 17.1 Å². The number of carbonyl (C=O) groups excluding carboxylic acids is 3. The summed E-state index contributed by atoms with van der Waals surface area (Å²) >= 11 is 1.31. The first-order chi connectivity index (χ1) is 15.9. The number of anilines is 3. The second kappa shape index (κ2) is 8.08. The van der Waals surface area contributed by atoms with Crippen molar-refractivity contribution in [2.75, 3.05) is 27.4 Å². The van der Waals surface area contributed by atoms with Gasteiger partial charge in [-0.25, -0.2) is 0 Å². The zero-order valence-corrected chi connectivity index (χ0v) is 19.2. The highest BCUT2D eigenvalue weighted by Gasteiger charge is 2.61. The third-order valence-electron chi connectivity index (χ3n) is 6.04. The summed E-state index contributed by atoms with van der Waals surface area (Å²) in [6.07, 6.45) is 0. The van der Waals surface area contributed by atoms with Gasteiger partial charge < -0.3 is 5.32 Å². The number of carbonyl (C=O) groups is 3. The fourth-order valence-corrected chi connectivity index (χ4v) is 5.89. The summed E-state index contributed by atoms with van der Waals surface area (Å²) in [5.41, 5.74) is 4.72. The van der Waals surface area contributed by atoms with Crippen LogP contribution in [0.15, 0.2) is 72.8 Å². The molecule has 2 aliphatic heterocycles. The topological polar surface area (TPSA) is 69.7 Å². The van der Waals surface area contributed by atoms with Crippen LogP contribution < -0.4 is 15.1 Å². The lowest BCUT2D eigenvalue weighted by atomic mass is 10.0. The van der Waals surface area contributed by atoms with Crippen LogP contribution in [0.1, 0.15) is 16.7 Å². The average molecular weight is 458 g/mol. The average Bonchev–Trinajstić information content (AvgIpc) is 3.26. The number of hydrogen-bond acceptors (Lipinski definition) is 4. The standard InChI is InChI=1S/C26H23N3O3S/c1-17-8-7-10-19(14-17)29-24(31)16-33-26(29)20-11-4-6-13-22(20)28(25(26)32)15-23(30)27-21-12-5-3-9-18(21)2/h3-14H,15-16H2,1-2H3,(H,27,30)/t26-/m1/s1. The molecule has 3 amide bonds. The maximum Gasteiger partial charge on any atom is 0.269 e. The van der Waals surface area contributed by atoms with E-state index < -0.39 is 4.87 Å². The lowest BCUT2D eigenvalue weighted by Crippen LogP contribution is -2.50. The van der Waals surface area contributed by atoms with Crippen LogP contribution in [0.4, 0.5) is 17.1 Å². The molecule has 0 radical (unpaired) electrons. The van der Waals surface area contributed by atoms with E-state index in [2.05, 4.69) is 5.32 Å². The molecule has 0 saturated carbocycles. The molecule has 1 atom stereocenters. The van der Waals surface area contributed by atoms with Gasteiger partial charge in [-0.05, 0) is 49.2 Å². The maximum absolute atomic E-state index is 14.0. The molecule has 0 aliphatic carbocycles. The summed E-state index contributed by atoms with van der Waals surface area (Å²) < 4.78 is 0. The summed E-state index contributed by atoms with van der Waals surface area (Å²) in [7, 11) is 0.